The van der Waals surface area contributed by atoms with E-state index in [4.69, 9.17) is 24.2 Å². The van der Waals surface area contributed by atoms with Gasteiger partial charge in [0.25, 0.3) is 5.56 Å². The highest BCUT2D eigenvalue weighted by Gasteiger charge is 2.34. The summed E-state index contributed by atoms with van der Waals surface area (Å²) in [5, 5.41) is 8.80. The van der Waals surface area contributed by atoms with Crippen LogP contribution >= 0.6 is 11.3 Å². The van der Waals surface area contributed by atoms with Gasteiger partial charge in [0.15, 0.2) is 22.9 Å². The van der Waals surface area contributed by atoms with Gasteiger partial charge < -0.3 is 18.9 Å². The van der Waals surface area contributed by atoms with E-state index in [0.717, 1.165) is 5.56 Å². The van der Waals surface area contributed by atoms with Gasteiger partial charge in [0.1, 0.15) is 11.8 Å². The van der Waals surface area contributed by atoms with Crippen molar-refractivity contribution in [2.45, 2.75) is 39.8 Å². The highest BCUT2D eigenvalue weighted by molar-refractivity contribution is 7.07. The largest absolute Gasteiger partial charge is 0.493 e. The Morgan fingerprint density at radius 1 is 1.23 bits per heavy atom. The summed E-state index contributed by atoms with van der Waals surface area (Å²) in [6.45, 7) is 7.41. The highest BCUT2D eigenvalue weighted by atomic mass is 32.1. The lowest BCUT2D eigenvalue weighted by Crippen LogP contribution is -2.40. The minimum absolute atomic E-state index is 0.0662. The number of fused-ring (bicyclic) bond motifs is 1. The van der Waals surface area contributed by atoms with Crippen molar-refractivity contribution in [3.8, 4) is 23.3 Å². The minimum atomic E-state index is -0.783. The van der Waals surface area contributed by atoms with Crippen molar-refractivity contribution >= 4 is 23.4 Å². The third kappa shape index (κ3) is 5.89. The maximum Gasteiger partial charge on any atom is 0.338 e. The Kier molecular flexibility index (Phi) is 8.52. The number of hydrogen-bond donors (Lipinski definition) is 0. The molecule has 9 nitrogen and oxygen atoms in total. The van der Waals surface area contributed by atoms with Crippen LogP contribution in [-0.4, -0.2) is 37.0 Å². The molecule has 0 spiro atoms. The van der Waals surface area contributed by atoms with E-state index in [0.29, 0.717) is 37.8 Å². The van der Waals surface area contributed by atoms with E-state index in [9.17, 15) is 9.59 Å². The molecule has 1 aliphatic rings. The third-order valence-corrected chi connectivity index (χ3v) is 6.83. The van der Waals surface area contributed by atoms with Gasteiger partial charge >= 0.3 is 5.97 Å². The fourth-order valence-electron chi connectivity index (χ4n) is 4.27. The van der Waals surface area contributed by atoms with Crippen molar-refractivity contribution in [2.75, 3.05) is 20.3 Å². The molecule has 3 aromatic rings. The molecule has 1 atom stereocenters. The predicted octanol–water partition coefficient (Wildman–Crippen LogP) is 3.50. The number of carbonyl (C=O) groups excluding carboxylic acids is 1. The lowest BCUT2D eigenvalue weighted by Gasteiger charge is -2.25. The first-order chi connectivity index (χ1) is 18.8. The molecule has 0 saturated carbocycles. The van der Waals surface area contributed by atoms with Gasteiger partial charge in [-0.2, -0.15) is 5.26 Å². The fraction of sp³-hybridized carbons (Fsp3) is 0.310. The molecular weight excluding hydrogens is 518 g/mol. The molecule has 1 aliphatic heterocycles. The van der Waals surface area contributed by atoms with E-state index >= 15 is 0 Å². The number of nitrogens with zero attached hydrogens (tertiary/aromatic N) is 3. The monoisotopic (exact) mass is 547 g/mol. The number of aromatic nitrogens is 1. The van der Waals surface area contributed by atoms with Crippen molar-refractivity contribution in [2.24, 2.45) is 4.99 Å². The third-order valence-electron chi connectivity index (χ3n) is 5.84. The molecule has 4 rings (SSSR count). The number of allylic oxidation sites excluding steroid dienone is 1. The fourth-order valence-corrected chi connectivity index (χ4v) is 5.32. The Morgan fingerprint density at radius 3 is 2.72 bits per heavy atom. The number of carbonyl (C=O) groups is 1. The SMILES string of the molecule is CCOC(=O)C1=C(C)N=c2sc(=Cc3cccc(OCC#N)c3)c(=O)n2C1c1ccc(OC(C)C)c(OC)c1. The first-order valence-corrected chi connectivity index (χ1v) is 13.2. The second-order valence-electron chi connectivity index (χ2n) is 8.90. The Balaban J connectivity index is 1.90. The lowest BCUT2D eigenvalue weighted by molar-refractivity contribution is -0.139. The number of hydrogen-bond acceptors (Lipinski definition) is 9. The van der Waals surface area contributed by atoms with E-state index in [1.54, 1.807) is 57.4 Å². The summed E-state index contributed by atoms with van der Waals surface area (Å²) in [7, 11) is 1.54. The van der Waals surface area contributed by atoms with E-state index in [-0.39, 0.29) is 30.5 Å². The molecule has 0 amide bonds. The van der Waals surface area contributed by atoms with Crippen LogP contribution in [0.1, 0.15) is 44.9 Å². The van der Waals surface area contributed by atoms with Crippen LogP contribution in [0.4, 0.5) is 0 Å². The molecule has 1 aromatic heterocycles. The molecule has 2 aromatic carbocycles. The normalized spacial score (nSPS) is 14.9. The van der Waals surface area contributed by atoms with Crippen LogP contribution in [0.25, 0.3) is 6.08 Å². The van der Waals surface area contributed by atoms with Crippen LogP contribution in [0, 0.1) is 11.3 Å². The molecule has 1 unspecified atom stereocenters. The second kappa shape index (κ2) is 12.0. The van der Waals surface area contributed by atoms with Crippen molar-refractivity contribution in [3.05, 3.63) is 84.5 Å². The Labute approximate surface area is 229 Å². The number of benzene rings is 2. The van der Waals surface area contributed by atoms with Crippen LogP contribution < -0.4 is 29.1 Å². The number of methoxy groups -OCH3 is 1. The van der Waals surface area contributed by atoms with Gasteiger partial charge in [-0.25, -0.2) is 9.79 Å². The van der Waals surface area contributed by atoms with Crippen LogP contribution in [-0.2, 0) is 9.53 Å². The molecule has 10 heteroatoms. The predicted molar refractivity (Wildman–Crippen MR) is 147 cm³/mol. The summed E-state index contributed by atoms with van der Waals surface area (Å²) in [6.07, 6.45) is 1.67. The first-order valence-electron chi connectivity index (χ1n) is 12.4. The highest BCUT2D eigenvalue weighted by Crippen LogP contribution is 2.36. The van der Waals surface area contributed by atoms with Crippen LogP contribution in [0.5, 0.6) is 17.2 Å². The van der Waals surface area contributed by atoms with Gasteiger partial charge in [-0.3, -0.25) is 9.36 Å². The molecule has 39 heavy (non-hydrogen) atoms. The molecule has 0 bridgehead atoms. The molecule has 0 fully saturated rings. The molecule has 202 valence electrons. The number of ether oxygens (including phenoxy) is 4. The summed E-state index contributed by atoms with van der Waals surface area (Å²) in [5.74, 6) is 1.02. The Bertz CT molecular complexity index is 1640. The first kappa shape index (κ1) is 27.7. The summed E-state index contributed by atoms with van der Waals surface area (Å²) in [5.41, 5.74) is 1.83. The zero-order valence-electron chi connectivity index (χ0n) is 22.4. The molecular formula is C29H29N3O6S. The van der Waals surface area contributed by atoms with Crippen molar-refractivity contribution in [1.29, 1.82) is 5.26 Å². The summed E-state index contributed by atoms with van der Waals surface area (Å²) in [6, 6.07) is 13.6. The molecule has 0 saturated heterocycles. The average Bonchev–Trinajstić information content (AvgIpc) is 3.21. The summed E-state index contributed by atoms with van der Waals surface area (Å²) in [4.78, 5) is 32.1. The number of rotatable bonds is 9. The summed E-state index contributed by atoms with van der Waals surface area (Å²) < 4.78 is 24.2. The van der Waals surface area contributed by atoms with Gasteiger partial charge in [-0.15, -0.1) is 0 Å². The van der Waals surface area contributed by atoms with Gasteiger partial charge in [-0.05, 0) is 69.2 Å². The molecule has 2 heterocycles. The van der Waals surface area contributed by atoms with Crippen LogP contribution in [0.2, 0.25) is 0 Å². The van der Waals surface area contributed by atoms with Crippen molar-refractivity contribution in [3.63, 3.8) is 0 Å². The van der Waals surface area contributed by atoms with E-state index in [2.05, 4.69) is 4.99 Å². The van der Waals surface area contributed by atoms with Crippen molar-refractivity contribution in [1.82, 2.24) is 4.57 Å². The average molecular weight is 548 g/mol. The number of thiazole rings is 1. The topological polar surface area (TPSA) is 112 Å². The standard InChI is InChI=1S/C29H29N3O6S/c1-6-36-28(34)25-18(4)31-29-32(26(25)20-10-11-22(38-17(2)3)23(16-20)35-5)27(33)24(39-29)15-19-8-7-9-21(14-19)37-13-12-30/h7-11,14-17,26H,6,13H2,1-5H3. The number of esters is 1. The Hall–Kier alpha value is -4.36. The molecule has 0 radical (unpaired) electrons. The second-order valence-corrected chi connectivity index (χ2v) is 9.91. The maximum atomic E-state index is 13.8. The quantitative estimate of drug-likeness (QED) is 0.377. The van der Waals surface area contributed by atoms with Gasteiger partial charge in [-0.1, -0.05) is 29.5 Å². The smallest absolute Gasteiger partial charge is 0.338 e. The number of nitriles is 1. The van der Waals surface area contributed by atoms with E-state index in [1.165, 1.54) is 15.9 Å². The van der Waals surface area contributed by atoms with E-state index < -0.39 is 12.0 Å². The Morgan fingerprint density at radius 2 is 2.03 bits per heavy atom. The van der Waals surface area contributed by atoms with Gasteiger partial charge in [0, 0.05) is 0 Å². The zero-order valence-corrected chi connectivity index (χ0v) is 23.2. The molecule has 0 aliphatic carbocycles. The van der Waals surface area contributed by atoms with Crippen LogP contribution in [0.15, 0.2) is 63.5 Å². The van der Waals surface area contributed by atoms with Crippen molar-refractivity contribution < 1.29 is 23.7 Å². The van der Waals surface area contributed by atoms with Gasteiger partial charge in [0.05, 0.1) is 41.7 Å². The zero-order chi connectivity index (χ0) is 28.1. The van der Waals surface area contributed by atoms with E-state index in [1.807, 2.05) is 32.0 Å². The molecule has 0 N–H and O–H groups in total. The van der Waals surface area contributed by atoms with Gasteiger partial charge in [0.2, 0.25) is 0 Å². The summed E-state index contributed by atoms with van der Waals surface area (Å²) >= 11 is 1.22. The van der Waals surface area contributed by atoms with Crippen LogP contribution in [0.3, 0.4) is 0 Å². The maximum absolute atomic E-state index is 13.8. The lowest BCUT2D eigenvalue weighted by atomic mass is 9.95. The minimum Gasteiger partial charge on any atom is -0.493 e.